The Kier molecular flexibility index (Phi) is 4.69. The Morgan fingerprint density at radius 1 is 1.17 bits per heavy atom. The first-order chi connectivity index (χ1) is 11.0. The van der Waals surface area contributed by atoms with Gasteiger partial charge in [-0.05, 0) is 41.7 Å². The number of thioether (sulfide) groups is 1. The third kappa shape index (κ3) is 3.26. The van der Waals surface area contributed by atoms with E-state index in [1.54, 1.807) is 11.8 Å². The number of amides is 1. The summed E-state index contributed by atoms with van der Waals surface area (Å²) in [5, 5.41) is 0.712. The van der Waals surface area contributed by atoms with Crippen LogP contribution in [0.4, 0.5) is 5.69 Å². The van der Waals surface area contributed by atoms with Gasteiger partial charge in [0.1, 0.15) is 5.37 Å². The molecule has 1 aliphatic heterocycles. The van der Waals surface area contributed by atoms with Crippen LogP contribution >= 0.6 is 23.4 Å². The zero-order chi connectivity index (χ0) is 16.6. The number of benzene rings is 2. The third-order valence-corrected chi connectivity index (χ3v) is 5.81. The molecule has 1 aliphatic rings. The minimum Gasteiger partial charge on any atom is -0.295 e. The Morgan fingerprint density at radius 2 is 1.87 bits per heavy atom. The molecule has 23 heavy (non-hydrogen) atoms. The molecule has 1 fully saturated rings. The fourth-order valence-electron chi connectivity index (χ4n) is 2.73. The Balaban J connectivity index is 1.94. The van der Waals surface area contributed by atoms with Crippen molar-refractivity contribution < 1.29 is 4.79 Å². The van der Waals surface area contributed by atoms with E-state index in [1.807, 2.05) is 30.0 Å². The van der Waals surface area contributed by atoms with Crippen LogP contribution in [0.3, 0.4) is 0 Å². The van der Waals surface area contributed by atoms with Crippen LogP contribution in [0.15, 0.2) is 42.5 Å². The van der Waals surface area contributed by atoms with Crippen molar-refractivity contribution in [3.63, 3.8) is 0 Å². The minimum atomic E-state index is 0.0162. The topological polar surface area (TPSA) is 20.3 Å². The predicted octanol–water partition coefficient (Wildman–Crippen LogP) is 5.55. The van der Waals surface area contributed by atoms with E-state index in [1.165, 1.54) is 5.56 Å². The molecule has 0 bridgehead atoms. The second-order valence-corrected chi connectivity index (χ2v) is 7.66. The molecule has 0 saturated carbocycles. The molecule has 4 heteroatoms. The Labute approximate surface area is 146 Å². The highest BCUT2D eigenvalue weighted by Gasteiger charge is 2.34. The van der Waals surface area contributed by atoms with Crippen LogP contribution < -0.4 is 4.90 Å². The van der Waals surface area contributed by atoms with Gasteiger partial charge in [0.15, 0.2) is 0 Å². The van der Waals surface area contributed by atoms with Crippen LogP contribution in [0, 0.1) is 6.92 Å². The summed E-state index contributed by atoms with van der Waals surface area (Å²) in [4.78, 5) is 14.3. The SMILES string of the molecule is Cc1ccc(N2C(=O)CS[C@H]2c2ccc(C(C)C)cc2)cc1Cl. The van der Waals surface area contributed by atoms with E-state index in [9.17, 15) is 4.79 Å². The van der Waals surface area contributed by atoms with Gasteiger partial charge in [-0.3, -0.25) is 9.69 Å². The molecule has 1 amide bonds. The largest absolute Gasteiger partial charge is 0.295 e. The molecule has 0 aromatic heterocycles. The molecule has 2 nitrogen and oxygen atoms in total. The monoisotopic (exact) mass is 345 g/mol. The number of halogens is 1. The van der Waals surface area contributed by atoms with Crippen molar-refractivity contribution in [2.75, 3.05) is 10.7 Å². The lowest BCUT2D eigenvalue weighted by molar-refractivity contribution is -0.115. The lowest BCUT2D eigenvalue weighted by Crippen LogP contribution is -2.27. The lowest BCUT2D eigenvalue weighted by Gasteiger charge is -2.25. The third-order valence-electron chi connectivity index (χ3n) is 4.19. The Bertz CT molecular complexity index is 727. The zero-order valence-electron chi connectivity index (χ0n) is 13.5. The highest BCUT2D eigenvalue weighted by molar-refractivity contribution is 8.00. The van der Waals surface area contributed by atoms with E-state index in [2.05, 4.69) is 38.1 Å². The molecular weight excluding hydrogens is 326 g/mol. The first-order valence-corrected chi connectivity index (χ1v) is 9.19. The average molecular weight is 346 g/mol. The first-order valence-electron chi connectivity index (χ1n) is 7.77. The van der Waals surface area contributed by atoms with Gasteiger partial charge in [-0.25, -0.2) is 0 Å². The second-order valence-electron chi connectivity index (χ2n) is 6.18. The van der Waals surface area contributed by atoms with Gasteiger partial charge in [0.05, 0.1) is 5.75 Å². The van der Waals surface area contributed by atoms with Gasteiger partial charge < -0.3 is 0 Å². The van der Waals surface area contributed by atoms with Gasteiger partial charge in [0.25, 0.3) is 0 Å². The van der Waals surface area contributed by atoms with Crippen molar-refractivity contribution in [2.24, 2.45) is 0 Å². The molecule has 0 radical (unpaired) electrons. The minimum absolute atomic E-state index is 0.0162. The van der Waals surface area contributed by atoms with Crippen LogP contribution in [-0.4, -0.2) is 11.7 Å². The Morgan fingerprint density at radius 3 is 2.48 bits per heavy atom. The molecule has 2 aromatic carbocycles. The molecular formula is C19H20ClNOS. The van der Waals surface area contributed by atoms with Gasteiger partial charge >= 0.3 is 0 Å². The molecule has 2 aromatic rings. The number of anilines is 1. The van der Waals surface area contributed by atoms with Crippen molar-refractivity contribution in [3.8, 4) is 0 Å². The summed E-state index contributed by atoms with van der Waals surface area (Å²) < 4.78 is 0. The molecule has 1 heterocycles. The highest BCUT2D eigenvalue weighted by Crippen LogP contribution is 2.42. The van der Waals surface area contributed by atoms with Crippen LogP contribution in [0.5, 0.6) is 0 Å². The summed E-state index contributed by atoms with van der Waals surface area (Å²) in [5.41, 5.74) is 4.36. The summed E-state index contributed by atoms with van der Waals surface area (Å²) in [5.74, 6) is 1.14. The quantitative estimate of drug-likeness (QED) is 0.726. The fourth-order valence-corrected chi connectivity index (χ4v) is 4.08. The maximum Gasteiger partial charge on any atom is 0.238 e. The predicted molar refractivity (Wildman–Crippen MR) is 99.4 cm³/mol. The molecule has 3 rings (SSSR count). The lowest BCUT2D eigenvalue weighted by atomic mass is 10.0. The van der Waals surface area contributed by atoms with Gasteiger partial charge in [-0.15, -0.1) is 11.8 Å². The van der Waals surface area contributed by atoms with Crippen LogP contribution in [-0.2, 0) is 4.79 Å². The van der Waals surface area contributed by atoms with Gasteiger partial charge in [0, 0.05) is 10.7 Å². The van der Waals surface area contributed by atoms with E-state index < -0.39 is 0 Å². The van der Waals surface area contributed by atoms with Crippen molar-refractivity contribution in [1.29, 1.82) is 0 Å². The summed E-state index contributed by atoms with van der Waals surface area (Å²) in [6.07, 6.45) is 0. The molecule has 120 valence electrons. The van der Waals surface area contributed by atoms with Gasteiger partial charge in [-0.2, -0.15) is 0 Å². The van der Waals surface area contributed by atoms with E-state index in [0.29, 0.717) is 16.7 Å². The molecule has 0 spiro atoms. The van der Waals surface area contributed by atoms with Crippen LogP contribution in [0.1, 0.15) is 41.8 Å². The summed E-state index contributed by atoms with van der Waals surface area (Å²) in [7, 11) is 0. The van der Waals surface area contributed by atoms with E-state index in [4.69, 9.17) is 11.6 Å². The molecule has 0 aliphatic carbocycles. The van der Waals surface area contributed by atoms with Crippen molar-refractivity contribution in [1.82, 2.24) is 0 Å². The highest BCUT2D eigenvalue weighted by atomic mass is 35.5. The fraction of sp³-hybridized carbons (Fsp3) is 0.316. The van der Waals surface area contributed by atoms with Crippen LogP contribution in [0.25, 0.3) is 0 Å². The van der Waals surface area contributed by atoms with Crippen molar-refractivity contribution in [3.05, 3.63) is 64.2 Å². The smallest absolute Gasteiger partial charge is 0.238 e. The molecule has 0 unspecified atom stereocenters. The summed E-state index contributed by atoms with van der Waals surface area (Å²) in [6.45, 7) is 6.34. The molecule has 0 N–H and O–H groups in total. The van der Waals surface area contributed by atoms with E-state index in [0.717, 1.165) is 16.8 Å². The number of nitrogens with zero attached hydrogens (tertiary/aromatic N) is 1. The van der Waals surface area contributed by atoms with Crippen molar-refractivity contribution >= 4 is 35.0 Å². The standard InChI is InChI=1S/C19H20ClNOS/c1-12(2)14-5-7-15(8-6-14)19-21(18(22)11-23-19)16-9-4-13(3)17(20)10-16/h4-10,12,19H,11H2,1-3H3/t19-/m0/s1. The number of hydrogen-bond acceptors (Lipinski definition) is 2. The van der Waals surface area contributed by atoms with Crippen LogP contribution in [0.2, 0.25) is 5.02 Å². The van der Waals surface area contributed by atoms with Crippen molar-refractivity contribution in [2.45, 2.75) is 32.1 Å². The van der Waals surface area contributed by atoms with E-state index in [-0.39, 0.29) is 11.3 Å². The number of hydrogen-bond donors (Lipinski definition) is 0. The number of aryl methyl sites for hydroxylation is 1. The molecule has 1 atom stereocenters. The normalized spacial score (nSPS) is 18.0. The first kappa shape index (κ1) is 16.4. The van der Waals surface area contributed by atoms with Gasteiger partial charge in [0.2, 0.25) is 5.91 Å². The number of rotatable bonds is 3. The second kappa shape index (κ2) is 6.58. The molecule has 1 saturated heterocycles. The van der Waals surface area contributed by atoms with E-state index >= 15 is 0 Å². The average Bonchev–Trinajstić information content (AvgIpc) is 2.92. The summed E-state index contributed by atoms with van der Waals surface area (Å²) in [6, 6.07) is 14.4. The Hall–Kier alpha value is -1.45. The zero-order valence-corrected chi connectivity index (χ0v) is 15.1. The van der Waals surface area contributed by atoms with Gasteiger partial charge in [-0.1, -0.05) is 55.8 Å². The number of carbonyl (C=O) groups excluding carboxylic acids is 1. The summed E-state index contributed by atoms with van der Waals surface area (Å²) >= 11 is 7.91. The maximum absolute atomic E-state index is 12.4. The maximum atomic E-state index is 12.4. The number of carbonyl (C=O) groups is 1.